The molecule has 1 fully saturated rings. The number of amides is 2. The second kappa shape index (κ2) is 6.93. The maximum atomic E-state index is 13.3. The Morgan fingerprint density at radius 1 is 1.28 bits per heavy atom. The Kier molecular flexibility index (Phi) is 5.29. The highest BCUT2D eigenvalue weighted by molar-refractivity contribution is 5.96. The molecule has 1 aliphatic heterocycles. The Morgan fingerprint density at radius 2 is 1.92 bits per heavy atom. The number of hydrogen-bond donors (Lipinski definition) is 0. The molecule has 1 aromatic rings. The van der Waals surface area contributed by atoms with E-state index in [1.165, 1.54) is 21.7 Å². The lowest BCUT2D eigenvalue weighted by Gasteiger charge is -2.39. The molecule has 0 N–H and O–H groups in total. The van der Waals surface area contributed by atoms with Crippen LogP contribution in [0.2, 0.25) is 0 Å². The SMILES string of the molecule is C=CC(=O)N1CCN(C(=O)c2cn(C(C)C)cc2C(F)(F)F)C[C@H]1C. The van der Waals surface area contributed by atoms with Crippen LogP contribution in [0.4, 0.5) is 13.2 Å². The molecule has 2 amide bonds. The van der Waals surface area contributed by atoms with Gasteiger partial charge in [0.1, 0.15) is 0 Å². The molecule has 2 rings (SSSR count). The molecule has 0 spiro atoms. The fraction of sp³-hybridized carbons (Fsp3) is 0.529. The van der Waals surface area contributed by atoms with Crippen molar-refractivity contribution in [3.05, 3.63) is 36.2 Å². The van der Waals surface area contributed by atoms with Crippen molar-refractivity contribution in [1.82, 2.24) is 14.4 Å². The summed E-state index contributed by atoms with van der Waals surface area (Å²) in [6.45, 7) is 9.32. The molecule has 2 heterocycles. The predicted molar refractivity (Wildman–Crippen MR) is 87.1 cm³/mol. The zero-order valence-corrected chi connectivity index (χ0v) is 14.5. The molecule has 0 bridgehead atoms. The number of halogens is 3. The van der Waals surface area contributed by atoms with Crippen LogP contribution in [0.5, 0.6) is 0 Å². The van der Waals surface area contributed by atoms with Crippen molar-refractivity contribution in [3.63, 3.8) is 0 Å². The average Bonchev–Trinajstić information content (AvgIpc) is 2.99. The summed E-state index contributed by atoms with van der Waals surface area (Å²) in [5, 5.41) is 0. The molecule has 138 valence electrons. The molecule has 1 atom stereocenters. The fourth-order valence-electron chi connectivity index (χ4n) is 2.93. The number of carbonyl (C=O) groups excluding carboxylic acids is 2. The Morgan fingerprint density at radius 3 is 2.40 bits per heavy atom. The Bertz CT molecular complexity index is 679. The minimum Gasteiger partial charge on any atom is -0.350 e. The maximum absolute atomic E-state index is 13.3. The Labute approximate surface area is 144 Å². The maximum Gasteiger partial charge on any atom is 0.418 e. The lowest BCUT2D eigenvalue weighted by molar-refractivity contribution is -0.138. The molecule has 0 saturated carbocycles. The summed E-state index contributed by atoms with van der Waals surface area (Å²) >= 11 is 0. The highest BCUT2D eigenvalue weighted by Gasteiger charge is 2.39. The van der Waals surface area contributed by atoms with Crippen LogP contribution in [0, 0.1) is 0 Å². The minimum atomic E-state index is -4.60. The van der Waals surface area contributed by atoms with E-state index >= 15 is 0 Å². The topological polar surface area (TPSA) is 45.6 Å². The van der Waals surface area contributed by atoms with Crippen LogP contribution in [0.1, 0.15) is 42.7 Å². The van der Waals surface area contributed by atoms with E-state index < -0.39 is 17.6 Å². The first kappa shape index (κ1) is 19.1. The number of alkyl halides is 3. The lowest BCUT2D eigenvalue weighted by atomic mass is 10.1. The van der Waals surface area contributed by atoms with E-state index in [0.29, 0.717) is 0 Å². The zero-order chi connectivity index (χ0) is 18.9. The first-order valence-electron chi connectivity index (χ1n) is 8.07. The van der Waals surface area contributed by atoms with E-state index in [1.54, 1.807) is 25.7 Å². The van der Waals surface area contributed by atoms with Crippen LogP contribution >= 0.6 is 0 Å². The molecule has 0 aromatic carbocycles. The van der Waals surface area contributed by atoms with E-state index in [0.717, 1.165) is 6.20 Å². The summed E-state index contributed by atoms with van der Waals surface area (Å²) in [6, 6.07) is -0.478. The van der Waals surface area contributed by atoms with Gasteiger partial charge in [-0.2, -0.15) is 13.2 Å². The van der Waals surface area contributed by atoms with Gasteiger partial charge in [-0.05, 0) is 26.8 Å². The van der Waals surface area contributed by atoms with Gasteiger partial charge >= 0.3 is 6.18 Å². The normalized spacial score (nSPS) is 18.6. The third kappa shape index (κ3) is 3.88. The van der Waals surface area contributed by atoms with Gasteiger partial charge < -0.3 is 14.4 Å². The molecule has 0 unspecified atom stereocenters. The monoisotopic (exact) mass is 357 g/mol. The predicted octanol–water partition coefficient (Wildman–Crippen LogP) is 2.95. The molecule has 8 heteroatoms. The van der Waals surface area contributed by atoms with Crippen molar-refractivity contribution < 1.29 is 22.8 Å². The first-order valence-corrected chi connectivity index (χ1v) is 8.07. The number of carbonyl (C=O) groups is 2. The second-order valence-corrected chi connectivity index (χ2v) is 6.46. The minimum absolute atomic E-state index is 0.183. The molecule has 1 saturated heterocycles. The summed E-state index contributed by atoms with van der Waals surface area (Å²) in [7, 11) is 0. The van der Waals surface area contributed by atoms with E-state index in [1.807, 2.05) is 0 Å². The van der Waals surface area contributed by atoms with Gasteiger partial charge in [0, 0.05) is 44.1 Å². The number of hydrogen-bond acceptors (Lipinski definition) is 2. The lowest BCUT2D eigenvalue weighted by Crippen LogP contribution is -2.55. The summed E-state index contributed by atoms with van der Waals surface area (Å²) in [6.07, 6.45) is -1.18. The molecular formula is C17H22F3N3O2. The van der Waals surface area contributed by atoms with Crippen molar-refractivity contribution >= 4 is 11.8 Å². The first-order chi connectivity index (χ1) is 11.6. The van der Waals surface area contributed by atoms with E-state index in [9.17, 15) is 22.8 Å². The van der Waals surface area contributed by atoms with Crippen LogP contribution in [0.3, 0.4) is 0 Å². The third-order valence-electron chi connectivity index (χ3n) is 4.35. The van der Waals surface area contributed by atoms with Gasteiger partial charge in [0.2, 0.25) is 5.91 Å². The Balaban J connectivity index is 2.27. The van der Waals surface area contributed by atoms with Crippen LogP contribution in [0.15, 0.2) is 25.0 Å². The van der Waals surface area contributed by atoms with E-state index in [4.69, 9.17) is 0 Å². The van der Waals surface area contributed by atoms with Gasteiger partial charge in [0.25, 0.3) is 5.91 Å². The third-order valence-corrected chi connectivity index (χ3v) is 4.35. The van der Waals surface area contributed by atoms with Gasteiger partial charge in [-0.25, -0.2) is 0 Å². The second-order valence-electron chi connectivity index (χ2n) is 6.46. The number of piperazine rings is 1. The van der Waals surface area contributed by atoms with Gasteiger partial charge in [-0.15, -0.1) is 0 Å². The van der Waals surface area contributed by atoms with E-state index in [-0.39, 0.29) is 43.2 Å². The highest BCUT2D eigenvalue weighted by atomic mass is 19.4. The van der Waals surface area contributed by atoms with Crippen molar-refractivity contribution in [2.45, 2.75) is 39.0 Å². The quantitative estimate of drug-likeness (QED) is 0.781. The van der Waals surface area contributed by atoms with Crippen LogP contribution in [-0.4, -0.2) is 51.9 Å². The van der Waals surface area contributed by atoms with Crippen LogP contribution in [-0.2, 0) is 11.0 Å². The molecule has 1 aliphatic rings. The van der Waals surface area contributed by atoms with E-state index in [2.05, 4.69) is 6.58 Å². The van der Waals surface area contributed by atoms with Crippen molar-refractivity contribution in [2.75, 3.05) is 19.6 Å². The van der Waals surface area contributed by atoms with Gasteiger partial charge in [0.15, 0.2) is 0 Å². The average molecular weight is 357 g/mol. The molecule has 0 radical (unpaired) electrons. The highest BCUT2D eigenvalue weighted by Crippen LogP contribution is 2.34. The molecule has 25 heavy (non-hydrogen) atoms. The number of nitrogens with zero attached hydrogens (tertiary/aromatic N) is 3. The van der Waals surface area contributed by atoms with Crippen LogP contribution < -0.4 is 0 Å². The largest absolute Gasteiger partial charge is 0.418 e. The van der Waals surface area contributed by atoms with Crippen molar-refractivity contribution in [2.24, 2.45) is 0 Å². The van der Waals surface area contributed by atoms with Gasteiger partial charge in [0.05, 0.1) is 11.1 Å². The molecule has 0 aliphatic carbocycles. The van der Waals surface area contributed by atoms with Gasteiger partial charge in [-0.1, -0.05) is 6.58 Å². The summed E-state index contributed by atoms with van der Waals surface area (Å²) in [5.41, 5.74) is -1.28. The molecule has 5 nitrogen and oxygen atoms in total. The summed E-state index contributed by atoms with van der Waals surface area (Å²) in [5.74, 6) is -0.911. The molecular weight excluding hydrogens is 335 g/mol. The van der Waals surface area contributed by atoms with Crippen molar-refractivity contribution in [1.29, 1.82) is 0 Å². The summed E-state index contributed by atoms with van der Waals surface area (Å²) < 4.78 is 41.3. The Hall–Kier alpha value is -2.25. The standard InChI is InChI=1S/C17H22F3N3O2/c1-5-15(24)23-7-6-21(8-12(23)4)16(25)13-9-22(11(2)3)10-14(13)17(18,19)20/h5,9-12H,1,6-8H2,2-4H3/t12-/m1/s1. The fourth-order valence-corrected chi connectivity index (χ4v) is 2.93. The zero-order valence-electron chi connectivity index (χ0n) is 14.5. The molecule has 1 aromatic heterocycles. The number of aromatic nitrogens is 1. The van der Waals surface area contributed by atoms with Crippen LogP contribution in [0.25, 0.3) is 0 Å². The summed E-state index contributed by atoms with van der Waals surface area (Å²) in [4.78, 5) is 27.3. The number of rotatable bonds is 3. The van der Waals surface area contributed by atoms with Gasteiger partial charge in [-0.3, -0.25) is 9.59 Å². The smallest absolute Gasteiger partial charge is 0.350 e. The van der Waals surface area contributed by atoms with Crippen molar-refractivity contribution in [3.8, 4) is 0 Å².